The van der Waals surface area contributed by atoms with Crippen LogP contribution in [0.1, 0.15) is 0 Å². The minimum absolute atomic E-state index is 0.387. The molecule has 0 aromatic carbocycles. The van der Waals surface area contributed by atoms with Gasteiger partial charge >= 0.3 is 0 Å². The molecular formula is C3H6ClNO2. The topological polar surface area (TPSA) is 63.3 Å². The summed E-state index contributed by atoms with van der Waals surface area (Å²) >= 11 is 4.80. The summed E-state index contributed by atoms with van der Waals surface area (Å²) in [5, 5.41) is 7.37. The largest absolute Gasteiger partial charge is 0.394 e. The molecule has 0 aliphatic rings. The summed E-state index contributed by atoms with van der Waals surface area (Å²) in [6, 6.07) is -0.915. The molecule has 0 radical (unpaired) electrons. The van der Waals surface area contributed by atoms with Crippen LogP contribution in [0.2, 0.25) is 0 Å². The lowest BCUT2D eigenvalue weighted by Gasteiger charge is -1.96. The monoisotopic (exact) mass is 123 g/mol. The van der Waals surface area contributed by atoms with Crippen molar-refractivity contribution in [3.63, 3.8) is 0 Å². The van der Waals surface area contributed by atoms with E-state index in [9.17, 15) is 4.79 Å². The van der Waals surface area contributed by atoms with Gasteiger partial charge in [0.1, 0.15) is 6.04 Å². The van der Waals surface area contributed by atoms with Crippen LogP contribution in [-0.2, 0) is 4.79 Å². The third-order valence-electron chi connectivity index (χ3n) is 0.488. The highest BCUT2D eigenvalue weighted by molar-refractivity contribution is 6.64. The van der Waals surface area contributed by atoms with Crippen molar-refractivity contribution in [2.45, 2.75) is 6.04 Å². The predicted octanol–water partition coefficient (Wildman–Crippen LogP) is -0.929. The fraction of sp³-hybridized carbons (Fsp3) is 0.667. The quantitative estimate of drug-likeness (QED) is 0.467. The van der Waals surface area contributed by atoms with E-state index < -0.39 is 11.3 Å². The average molecular weight is 124 g/mol. The normalized spacial score (nSPS) is 13.6. The Labute approximate surface area is 46.1 Å². The number of hydrogen-bond donors (Lipinski definition) is 2. The Hall–Kier alpha value is -0.120. The summed E-state index contributed by atoms with van der Waals surface area (Å²) in [5.74, 6) is 0. The zero-order valence-electron chi connectivity index (χ0n) is 3.60. The van der Waals surface area contributed by atoms with E-state index >= 15 is 0 Å². The fourth-order valence-electron chi connectivity index (χ4n) is 0.0718. The Morgan fingerprint density at radius 1 is 2.00 bits per heavy atom. The first-order valence-corrected chi connectivity index (χ1v) is 2.12. The molecule has 4 heteroatoms. The third kappa shape index (κ3) is 2.56. The second-order valence-electron chi connectivity index (χ2n) is 1.09. The summed E-state index contributed by atoms with van der Waals surface area (Å²) < 4.78 is 0. The Morgan fingerprint density at radius 3 is 2.43 bits per heavy atom. The lowest BCUT2D eigenvalue weighted by Crippen LogP contribution is -2.30. The van der Waals surface area contributed by atoms with E-state index in [1.807, 2.05) is 0 Å². The lowest BCUT2D eigenvalue weighted by molar-refractivity contribution is -0.113. The van der Waals surface area contributed by atoms with Gasteiger partial charge in [-0.15, -0.1) is 0 Å². The van der Waals surface area contributed by atoms with Crippen LogP contribution in [0, 0.1) is 0 Å². The van der Waals surface area contributed by atoms with Crippen LogP contribution < -0.4 is 5.73 Å². The van der Waals surface area contributed by atoms with Crippen LogP contribution >= 0.6 is 11.6 Å². The highest BCUT2D eigenvalue weighted by Gasteiger charge is 2.05. The smallest absolute Gasteiger partial charge is 0.240 e. The van der Waals surface area contributed by atoms with Gasteiger partial charge in [0.05, 0.1) is 6.61 Å². The van der Waals surface area contributed by atoms with Crippen molar-refractivity contribution in [1.82, 2.24) is 0 Å². The van der Waals surface area contributed by atoms with Crippen LogP contribution in [0.25, 0.3) is 0 Å². The Kier molecular flexibility index (Phi) is 2.91. The molecule has 0 fully saturated rings. The van der Waals surface area contributed by atoms with E-state index in [1.54, 1.807) is 0 Å². The Balaban J connectivity index is 3.34. The molecule has 0 bridgehead atoms. The van der Waals surface area contributed by atoms with Gasteiger partial charge in [0.15, 0.2) is 0 Å². The highest BCUT2D eigenvalue weighted by Crippen LogP contribution is 1.83. The van der Waals surface area contributed by atoms with Gasteiger partial charge in [-0.05, 0) is 11.6 Å². The minimum Gasteiger partial charge on any atom is -0.394 e. The molecule has 0 unspecified atom stereocenters. The zero-order valence-corrected chi connectivity index (χ0v) is 4.35. The van der Waals surface area contributed by atoms with E-state index in [2.05, 4.69) is 0 Å². The van der Waals surface area contributed by atoms with Crippen molar-refractivity contribution in [2.24, 2.45) is 5.73 Å². The fourth-order valence-corrected chi connectivity index (χ4v) is 0.141. The lowest BCUT2D eigenvalue weighted by atomic mass is 10.4. The summed E-state index contributed by atoms with van der Waals surface area (Å²) in [4.78, 5) is 9.86. The van der Waals surface area contributed by atoms with Crippen molar-refractivity contribution in [3.8, 4) is 0 Å². The summed E-state index contributed by atoms with van der Waals surface area (Å²) in [5.41, 5.74) is 4.88. The number of aliphatic hydroxyl groups is 1. The number of aliphatic hydroxyl groups excluding tert-OH is 1. The van der Waals surface area contributed by atoms with Gasteiger partial charge in [-0.3, -0.25) is 4.79 Å². The van der Waals surface area contributed by atoms with Gasteiger partial charge in [0.25, 0.3) is 0 Å². The van der Waals surface area contributed by atoms with Crippen LogP contribution in [-0.4, -0.2) is 23.0 Å². The molecule has 0 aromatic rings. The first kappa shape index (κ1) is 6.88. The van der Waals surface area contributed by atoms with Gasteiger partial charge in [0, 0.05) is 0 Å². The molecule has 0 spiro atoms. The molecule has 1 atom stereocenters. The standard InChI is InChI=1S/C3H6ClNO2/c4-3(7)2(5)1-6/h2,6H,1,5H2/t2-/m0/s1. The van der Waals surface area contributed by atoms with Gasteiger partial charge in [-0.25, -0.2) is 0 Å². The summed E-state index contributed by atoms with van der Waals surface area (Å²) in [6.07, 6.45) is 0. The molecule has 3 nitrogen and oxygen atoms in total. The maximum absolute atomic E-state index is 9.86. The molecule has 0 saturated heterocycles. The summed E-state index contributed by atoms with van der Waals surface area (Å²) in [6.45, 7) is -0.387. The first-order chi connectivity index (χ1) is 3.18. The minimum atomic E-state index is -0.915. The molecule has 0 rings (SSSR count). The zero-order chi connectivity index (χ0) is 5.86. The van der Waals surface area contributed by atoms with Crippen molar-refractivity contribution in [1.29, 1.82) is 0 Å². The number of carbonyl (C=O) groups is 1. The van der Waals surface area contributed by atoms with E-state index in [-0.39, 0.29) is 6.61 Å². The molecule has 0 heterocycles. The van der Waals surface area contributed by atoms with Gasteiger partial charge in [0.2, 0.25) is 5.24 Å². The second-order valence-corrected chi connectivity index (χ2v) is 1.47. The molecule has 42 valence electrons. The Bertz CT molecular complexity index is 75.3. The number of rotatable bonds is 2. The van der Waals surface area contributed by atoms with Crippen molar-refractivity contribution >= 4 is 16.8 Å². The molecule has 7 heavy (non-hydrogen) atoms. The molecular weight excluding hydrogens is 117 g/mol. The molecule has 3 N–H and O–H groups in total. The highest BCUT2D eigenvalue weighted by atomic mass is 35.5. The van der Waals surface area contributed by atoms with E-state index in [1.165, 1.54) is 0 Å². The first-order valence-electron chi connectivity index (χ1n) is 1.74. The third-order valence-corrected chi connectivity index (χ3v) is 0.769. The van der Waals surface area contributed by atoms with E-state index in [0.717, 1.165) is 0 Å². The van der Waals surface area contributed by atoms with Gasteiger partial charge < -0.3 is 10.8 Å². The number of halogens is 1. The van der Waals surface area contributed by atoms with Crippen molar-refractivity contribution in [3.05, 3.63) is 0 Å². The van der Waals surface area contributed by atoms with Crippen LogP contribution in [0.3, 0.4) is 0 Å². The van der Waals surface area contributed by atoms with Crippen LogP contribution in [0.5, 0.6) is 0 Å². The van der Waals surface area contributed by atoms with Crippen LogP contribution in [0.15, 0.2) is 0 Å². The van der Waals surface area contributed by atoms with Crippen molar-refractivity contribution in [2.75, 3.05) is 6.61 Å². The molecule has 0 aliphatic carbocycles. The van der Waals surface area contributed by atoms with Gasteiger partial charge in [-0.1, -0.05) is 0 Å². The summed E-state index contributed by atoms with van der Waals surface area (Å²) in [7, 11) is 0. The predicted molar refractivity (Wildman–Crippen MR) is 25.9 cm³/mol. The maximum atomic E-state index is 9.86. The van der Waals surface area contributed by atoms with Gasteiger partial charge in [-0.2, -0.15) is 0 Å². The number of carbonyl (C=O) groups excluding carboxylic acids is 1. The SMILES string of the molecule is N[C@@H](CO)C(=O)Cl. The molecule has 0 aliphatic heterocycles. The maximum Gasteiger partial charge on any atom is 0.240 e. The molecule has 0 aromatic heterocycles. The van der Waals surface area contributed by atoms with E-state index in [0.29, 0.717) is 0 Å². The number of nitrogens with two attached hydrogens (primary N) is 1. The molecule has 0 amide bonds. The van der Waals surface area contributed by atoms with Crippen molar-refractivity contribution < 1.29 is 9.90 Å². The second kappa shape index (κ2) is 2.96. The van der Waals surface area contributed by atoms with E-state index in [4.69, 9.17) is 22.4 Å². The Morgan fingerprint density at radius 2 is 2.43 bits per heavy atom. The number of hydrogen-bond acceptors (Lipinski definition) is 3. The van der Waals surface area contributed by atoms with Crippen LogP contribution in [0.4, 0.5) is 0 Å². The average Bonchev–Trinajstić information content (AvgIpc) is 1.65. The molecule has 0 saturated carbocycles.